The van der Waals surface area contributed by atoms with Crippen LogP contribution in [0.1, 0.15) is 11.1 Å². The number of urea groups is 1. The van der Waals surface area contributed by atoms with Gasteiger partial charge >= 0.3 is 6.03 Å². The van der Waals surface area contributed by atoms with Gasteiger partial charge in [0.15, 0.2) is 0 Å². The molecule has 4 rings (SSSR count). The van der Waals surface area contributed by atoms with Crippen LogP contribution in [0.3, 0.4) is 0 Å². The number of methoxy groups -OCH3 is 1. The summed E-state index contributed by atoms with van der Waals surface area (Å²) in [5.41, 5.74) is 1.43. The first-order valence-electron chi connectivity index (χ1n) is 10.2. The van der Waals surface area contributed by atoms with Crippen molar-refractivity contribution >= 4 is 68.7 Å². The summed E-state index contributed by atoms with van der Waals surface area (Å²) in [5.74, 6) is -0.418. The zero-order valence-corrected chi connectivity index (χ0v) is 21.3. The van der Waals surface area contributed by atoms with Crippen LogP contribution in [0.2, 0.25) is 10.0 Å². The molecule has 0 radical (unpaired) electrons. The summed E-state index contributed by atoms with van der Waals surface area (Å²) in [7, 11) is 1.53. The van der Waals surface area contributed by atoms with Crippen LogP contribution in [-0.4, -0.2) is 25.0 Å². The van der Waals surface area contributed by atoms with Crippen molar-refractivity contribution in [3.8, 4) is 11.5 Å². The molecule has 0 unspecified atom stereocenters. The van der Waals surface area contributed by atoms with Gasteiger partial charge in [-0.05, 0) is 76.1 Å². The molecule has 1 saturated heterocycles. The molecule has 3 aromatic rings. The Morgan fingerprint density at radius 1 is 1.00 bits per heavy atom. The number of ether oxygens (including phenoxy) is 2. The van der Waals surface area contributed by atoms with Gasteiger partial charge in [0.2, 0.25) is 0 Å². The van der Waals surface area contributed by atoms with Crippen molar-refractivity contribution in [1.29, 1.82) is 0 Å². The minimum absolute atomic E-state index is 0.181. The Hall–Kier alpha value is -3.33. The van der Waals surface area contributed by atoms with Gasteiger partial charge in [-0.3, -0.25) is 14.9 Å². The van der Waals surface area contributed by atoms with Crippen LogP contribution in [0, 0.1) is 0 Å². The molecule has 0 bridgehead atoms. The summed E-state index contributed by atoms with van der Waals surface area (Å²) >= 11 is 15.5. The second-order valence-corrected chi connectivity index (χ2v) is 9.07. The minimum Gasteiger partial charge on any atom is -0.496 e. The highest BCUT2D eigenvalue weighted by Gasteiger charge is 2.36. The van der Waals surface area contributed by atoms with Crippen LogP contribution in [0.15, 0.2) is 70.7 Å². The first kappa shape index (κ1) is 24.8. The molecule has 0 aliphatic carbocycles. The second-order valence-electron chi connectivity index (χ2n) is 7.37. The van der Waals surface area contributed by atoms with Crippen LogP contribution in [0.5, 0.6) is 11.5 Å². The Bertz CT molecular complexity index is 1360. The molecule has 10 heteroatoms. The maximum atomic E-state index is 13.1. The lowest BCUT2D eigenvalue weighted by Crippen LogP contribution is -2.54. The van der Waals surface area contributed by atoms with E-state index in [1.54, 1.807) is 60.7 Å². The van der Waals surface area contributed by atoms with Gasteiger partial charge in [0.1, 0.15) is 23.7 Å². The Kier molecular flexibility index (Phi) is 7.45. The van der Waals surface area contributed by atoms with Crippen LogP contribution in [0.25, 0.3) is 6.08 Å². The number of imide groups is 2. The molecule has 1 fully saturated rings. The SMILES string of the molecule is COc1ccc(/C=C2\C(=O)NC(=O)N(c3ccc(OCc4ccc(Cl)cc4Cl)cc3)C2=O)cc1Br. The molecule has 1 aliphatic heterocycles. The average Bonchev–Trinajstić information content (AvgIpc) is 2.82. The lowest BCUT2D eigenvalue weighted by Gasteiger charge is -2.26. The van der Waals surface area contributed by atoms with Gasteiger partial charge in [0.25, 0.3) is 11.8 Å². The van der Waals surface area contributed by atoms with E-state index in [0.29, 0.717) is 31.6 Å². The van der Waals surface area contributed by atoms with Gasteiger partial charge in [0, 0.05) is 15.6 Å². The lowest BCUT2D eigenvalue weighted by atomic mass is 10.1. The monoisotopic (exact) mass is 574 g/mol. The summed E-state index contributed by atoms with van der Waals surface area (Å²) in [6.45, 7) is 0.206. The van der Waals surface area contributed by atoms with Gasteiger partial charge < -0.3 is 9.47 Å². The van der Waals surface area contributed by atoms with Crippen molar-refractivity contribution < 1.29 is 23.9 Å². The average molecular weight is 576 g/mol. The van der Waals surface area contributed by atoms with E-state index in [1.165, 1.54) is 13.2 Å². The van der Waals surface area contributed by atoms with E-state index in [4.69, 9.17) is 32.7 Å². The number of anilines is 1. The Labute approximate surface area is 219 Å². The van der Waals surface area contributed by atoms with Crippen molar-refractivity contribution in [3.05, 3.63) is 91.9 Å². The maximum Gasteiger partial charge on any atom is 0.335 e. The summed E-state index contributed by atoms with van der Waals surface area (Å²) in [4.78, 5) is 38.9. The van der Waals surface area contributed by atoms with E-state index in [1.807, 2.05) is 0 Å². The molecule has 7 nitrogen and oxygen atoms in total. The molecule has 1 N–H and O–H groups in total. The van der Waals surface area contributed by atoms with E-state index in [2.05, 4.69) is 21.2 Å². The summed E-state index contributed by atoms with van der Waals surface area (Å²) < 4.78 is 11.6. The number of nitrogens with one attached hydrogen (secondary N) is 1. The first-order valence-corrected chi connectivity index (χ1v) is 11.7. The molecule has 3 aromatic carbocycles. The lowest BCUT2D eigenvalue weighted by molar-refractivity contribution is -0.122. The standard InChI is InChI=1S/C25H17BrCl2N2O5/c1-34-22-9-2-14(11-20(22)26)10-19-23(31)29-25(33)30(24(19)32)17-5-7-18(8-6-17)35-13-15-3-4-16(27)12-21(15)28/h2-12H,13H2,1H3,(H,29,31,33)/b19-10+. The Morgan fingerprint density at radius 2 is 1.74 bits per heavy atom. The minimum atomic E-state index is -0.838. The predicted molar refractivity (Wildman–Crippen MR) is 137 cm³/mol. The van der Waals surface area contributed by atoms with Crippen molar-refractivity contribution in [3.63, 3.8) is 0 Å². The normalized spacial score (nSPS) is 14.8. The third kappa shape index (κ3) is 5.51. The van der Waals surface area contributed by atoms with E-state index in [9.17, 15) is 14.4 Å². The number of carbonyl (C=O) groups excluding carboxylic acids is 3. The van der Waals surface area contributed by atoms with Gasteiger partial charge in [-0.15, -0.1) is 0 Å². The second kappa shape index (κ2) is 10.5. The number of rotatable bonds is 6. The molecule has 0 spiro atoms. The zero-order chi connectivity index (χ0) is 25.1. The summed E-state index contributed by atoms with van der Waals surface area (Å²) in [6.07, 6.45) is 1.41. The molecule has 0 saturated carbocycles. The fraction of sp³-hybridized carbons (Fsp3) is 0.0800. The molecular formula is C25H17BrCl2N2O5. The Balaban J connectivity index is 1.53. The molecule has 35 heavy (non-hydrogen) atoms. The fourth-order valence-corrected chi connectivity index (χ4v) is 4.34. The van der Waals surface area contributed by atoms with Gasteiger partial charge in [-0.2, -0.15) is 0 Å². The number of hydrogen-bond acceptors (Lipinski definition) is 5. The van der Waals surface area contributed by atoms with Crippen molar-refractivity contribution in [2.75, 3.05) is 12.0 Å². The molecule has 4 amide bonds. The number of amides is 4. The van der Waals surface area contributed by atoms with Crippen LogP contribution < -0.4 is 19.7 Å². The molecule has 0 atom stereocenters. The molecule has 1 aliphatic rings. The molecule has 178 valence electrons. The number of benzene rings is 3. The number of halogens is 3. The largest absolute Gasteiger partial charge is 0.496 e. The van der Waals surface area contributed by atoms with Gasteiger partial charge in [-0.1, -0.05) is 35.3 Å². The van der Waals surface area contributed by atoms with Crippen molar-refractivity contribution in [2.24, 2.45) is 0 Å². The fourth-order valence-electron chi connectivity index (χ4n) is 3.32. The van der Waals surface area contributed by atoms with Crippen LogP contribution in [-0.2, 0) is 16.2 Å². The van der Waals surface area contributed by atoms with Crippen LogP contribution in [0.4, 0.5) is 10.5 Å². The van der Waals surface area contributed by atoms with E-state index >= 15 is 0 Å². The van der Waals surface area contributed by atoms with E-state index in [-0.39, 0.29) is 17.9 Å². The highest BCUT2D eigenvalue weighted by molar-refractivity contribution is 9.10. The van der Waals surface area contributed by atoms with Crippen molar-refractivity contribution in [1.82, 2.24) is 5.32 Å². The maximum absolute atomic E-state index is 13.1. The predicted octanol–water partition coefficient (Wildman–Crippen LogP) is 6.01. The van der Waals surface area contributed by atoms with Gasteiger partial charge in [-0.25, -0.2) is 9.69 Å². The summed E-state index contributed by atoms with van der Waals surface area (Å²) in [5, 5.41) is 3.21. The van der Waals surface area contributed by atoms with Gasteiger partial charge in [0.05, 0.1) is 17.3 Å². The van der Waals surface area contributed by atoms with Crippen molar-refractivity contribution in [2.45, 2.75) is 6.61 Å². The zero-order valence-electron chi connectivity index (χ0n) is 18.2. The highest BCUT2D eigenvalue weighted by atomic mass is 79.9. The van der Waals surface area contributed by atoms with E-state index < -0.39 is 17.8 Å². The first-order chi connectivity index (χ1) is 16.8. The smallest absolute Gasteiger partial charge is 0.335 e. The Morgan fingerprint density at radius 3 is 2.40 bits per heavy atom. The summed E-state index contributed by atoms with van der Waals surface area (Å²) in [6, 6.07) is 15.7. The number of carbonyl (C=O) groups is 3. The third-order valence-electron chi connectivity index (χ3n) is 5.09. The molecule has 0 aromatic heterocycles. The number of hydrogen-bond donors (Lipinski definition) is 1. The quantitative estimate of drug-likeness (QED) is 0.287. The van der Waals surface area contributed by atoms with E-state index in [0.717, 1.165) is 10.5 Å². The highest BCUT2D eigenvalue weighted by Crippen LogP contribution is 2.29. The number of nitrogens with zero attached hydrogens (tertiary/aromatic N) is 1. The van der Waals surface area contributed by atoms with Crippen LogP contribution >= 0.6 is 39.1 Å². The molecular weight excluding hydrogens is 559 g/mol. The number of barbiturate groups is 1. The topological polar surface area (TPSA) is 84.9 Å². The third-order valence-corrected chi connectivity index (χ3v) is 6.30. The molecule has 1 heterocycles.